The molecule has 4 nitrogen and oxygen atoms in total. The number of rotatable bonds is 18. The third-order valence-corrected chi connectivity index (χ3v) is 22.0. The first-order valence-electron chi connectivity index (χ1n) is 26.9. The Balaban J connectivity index is 0.000000492. The molecule has 0 aliphatic heterocycles. The molecule has 4 fully saturated rings. The molecule has 0 bridgehead atoms. The molecule has 4 aromatic rings. The normalized spacial score (nSPS) is 18.3. The first kappa shape index (κ1) is 56.8. The van der Waals surface area contributed by atoms with Gasteiger partial charge in [-0.3, -0.25) is 0 Å². The van der Waals surface area contributed by atoms with E-state index in [1.807, 2.05) is 60.7 Å². The molecular formula is C61H88HfN4P2-6. The van der Waals surface area contributed by atoms with Crippen molar-refractivity contribution in [2.45, 2.75) is 210 Å². The minimum atomic E-state index is -0.258. The Morgan fingerprint density at radius 1 is 0.397 bits per heavy atom. The van der Waals surface area contributed by atoms with Crippen LogP contribution >= 0.6 is 15.8 Å². The molecule has 0 heterocycles. The second-order valence-corrected chi connectivity index (χ2v) is 26.0. The van der Waals surface area contributed by atoms with Gasteiger partial charge in [0.2, 0.25) is 0 Å². The van der Waals surface area contributed by atoms with Crippen molar-refractivity contribution in [2.24, 2.45) is 0 Å². The minimum Gasteiger partial charge on any atom is -0.695 e. The van der Waals surface area contributed by atoms with Crippen LogP contribution in [0.5, 0.6) is 0 Å². The van der Waals surface area contributed by atoms with Crippen molar-refractivity contribution in [3.8, 4) is 0 Å². The summed E-state index contributed by atoms with van der Waals surface area (Å²) in [5, 5.41) is 22.6. The summed E-state index contributed by atoms with van der Waals surface area (Å²) >= 11 is 0. The standard InChI is InChI=1S/C47H74N4P2.2C7H7.Hf/c1-36-22-20-23-37(2)44(36)50-46(52(40-26-10-5-11-27-40)41-28-12-6-13-29-41)48-34-18-9-19-35-49-47(51-45-38(3)24-21-25-39(45)4)53(42-30-14-7-15-31-42)43-32-16-8-17-33-43;2*1-7-5-3-2-4-6-7;/h20-25,40-43,46-47H,5-19,26-35H2,1-4H3;2*2-6H,1H2;/q-4;2*-1;. The number of aryl methyl sites for hydroxylation is 4. The van der Waals surface area contributed by atoms with Crippen molar-refractivity contribution < 1.29 is 25.8 Å². The van der Waals surface area contributed by atoms with Crippen LogP contribution in [0.2, 0.25) is 0 Å². The molecule has 0 spiro atoms. The van der Waals surface area contributed by atoms with Gasteiger partial charge in [-0.25, -0.2) is 0 Å². The fraction of sp³-hybridized carbons (Fsp3) is 0.574. The number of hydrogen-bond donors (Lipinski definition) is 0. The van der Waals surface area contributed by atoms with Crippen molar-refractivity contribution in [1.82, 2.24) is 0 Å². The second-order valence-electron chi connectivity index (χ2n) is 20.3. The van der Waals surface area contributed by atoms with Crippen molar-refractivity contribution >= 4 is 27.2 Å². The smallest absolute Gasteiger partial charge is 0 e. The monoisotopic (exact) mass is 1120 g/mol. The van der Waals surface area contributed by atoms with Crippen molar-refractivity contribution in [1.29, 1.82) is 0 Å². The molecule has 0 N–H and O–H groups in total. The van der Waals surface area contributed by atoms with Gasteiger partial charge in [0.15, 0.2) is 0 Å². The van der Waals surface area contributed by atoms with Crippen LogP contribution < -0.4 is 0 Å². The Hall–Kier alpha value is -2.13. The molecule has 8 rings (SSSR count). The molecular weight excluding hydrogens is 1030 g/mol. The van der Waals surface area contributed by atoms with Gasteiger partial charge >= 0.3 is 0 Å². The third kappa shape index (κ3) is 18.8. The van der Waals surface area contributed by atoms with E-state index in [1.165, 1.54) is 168 Å². The average molecular weight is 1120 g/mol. The molecule has 68 heavy (non-hydrogen) atoms. The predicted molar refractivity (Wildman–Crippen MR) is 299 cm³/mol. The van der Waals surface area contributed by atoms with Gasteiger partial charge in [-0.1, -0.05) is 167 Å². The molecule has 0 radical (unpaired) electrons. The van der Waals surface area contributed by atoms with Gasteiger partial charge in [0.25, 0.3) is 0 Å². The Kier molecular flexibility index (Phi) is 26.8. The van der Waals surface area contributed by atoms with E-state index in [0.717, 1.165) is 59.7 Å². The summed E-state index contributed by atoms with van der Waals surface area (Å²) in [6.07, 6.45) is 31.8. The summed E-state index contributed by atoms with van der Waals surface area (Å²) in [6, 6.07) is 33.2. The molecule has 4 aliphatic carbocycles. The maximum absolute atomic E-state index is 5.66. The SMILES string of the molecule is Cc1cccc(C)c1[N-]C([N-]CCCCC[N-]C([N-]c1c(C)cccc1C)P(C1CCCCC1)C1CCCCC1)P(C1CCCCC1)C1CCCCC1.[CH2-]c1ccccc1.[CH2-]c1ccccc1.[Hf]. The summed E-state index contributed by atoms with van der Waals surface area (Å²) < 4.78 is 0. The van der Waals surface area contributed by atoms with Gasteiger partial charge in [0.05, 0.1) is 0 Å². The van der Waals surface area contributed by atoms with Gasteiger partial charge in [-0.05, 0) is 102 Å². The van der Waals surface area contributed by atoms with Crippen LogP contribution in [-0.2, 0) is 25.8 Å². The zero-order chi connectivity index (χ0) is 47.1. The summed E-state index contributed by atoms with van der Waals surface area (Å²) in [6.45, 7) is 18.4. The molecule has 2 unspecified atom stereocenters. The Labute approximate surface area is 438 Å². The van der Waals surface area contributed by atoms with Crippen LogP contribution in [0.25, 0.3) is 21.3 Å². The molecule has 4 saturated carbocycles. The van der Waals surface area contributed by atoms with E-state index in [-0.39, 0.29) is 53.5 Å². The van der Waals surface area contributed by atoms with Gasteiger partial charge in [-0.2, -0.15) is 61.1 Å². The largest absolute Gasteiger partial charge is 0.695 e. The first-order valence-corrected chi connectivity index (χ1v) is 30.0. The average Bonchev–Trinajstić information content (AvgIpc) is 3.35. The zero-order valence-electron chi connectivity index (χ0n) is 43.0. The van der Waals surface area contributed by atoms with E-state index in [1.54, 1.807) is 0 Å². The Bertz CT molecular complexity index is 1710. The van der Waals surface area contributed by atoms with Crippen molar-refractivity contribution in [2.75, 3.05) is 13.1 Å². The molecule has 4 aromatic carbocycles. The molecule has 0 aromatic heterocycles. The fourth-order valence-electron chi connectivity index (χ4n) is 11.3. The predicted octanol–water partition coefficient (Wildman–Crippen LogP) is 20.1. The van der Waals surface area contributed by atoms with Gasteiger partial charge in [-0.15, -0.1) is 64.6 Å². The summed E-state index contributed by atoms with van der Waals surface area (Å²) in [4.78, 5) is 0. The molecule has 7 heteroatoms. The number of benzene rings is 4. The van der Waals surface area contributed by atoms with Crippen molar-refractivity contribution in [3.63, 3.8) is 0 Å². The quantitative estimate of drug-likeness (QED) is 0.0413. The second kappa shape index (κ2) is 32.0. The maximum Gasteiger partial charge on any atom is 0 e. The molecule has 0 amide bonds. The van der Waals surface area contributed by atoms with Crippen LogP contribution in [0, 0.1) is 41.5 Å². The fourth-order valence-corrected chi connectivity index (χ4v) is 18.9. The molecule has 0 saturated heterocycles. The van der Waals surface area contributed by atoms with Crippen LogP contribution in [0.3, 0.4) is 0 Å². The molecule has 2 atom stereocenters. The molecule has 372 valence electrons. The first-order chi connectivity index (χ1) is 32.8. The van der Waals surface area contributed by atoms with Gasteiger partial charge in [0, 0.05) is 25.8 Å². The summed E-state index contributed by atoms with van der Waals surface area (Å²) in [5.74, 6) is 0.325. The van der Waals surface area contributed by atoms with E-state index in [9.17, 15) is 0 Å². The van der Waals surface area contributed by atoms with Gasteiger partial charge in [0.1, 0.15) is 0 Å². The van der Waals surface area contributed by atoms with E-state index >= 15 is 0 Å². The number of para-hydroxylation sites is 2. The van der Waals surface area contributed by atoms with Crippen molar-refractivity contribution in [3.05, 3.63) is 166 Å². The minimum absolute atomic E-state index is 0. The maximum atomic E-state index is 5.66. The van der Waals surface area contributed by atoms with Crippen LogP contribution in [0.1, 0.15) is 181 Å². The van der Waals surface area contributed by atoms with Crippen LogP contribution in [-0.4, -0.2) is 47.5 Å². The van der Waals surface area contributed by atoms with E-state index in [2.05, 4.69) is 77.9 Å². The van der Waals surface area contributed by atoms with Gasteiger partial charge < -0.3 is 21.3 Å². The third-order valence-electron chi connectivity index (χ3n) is 15.0. The van der Waals surface area contributed by atoms with E-state index in [0.29, 0.717) is 0 Å². The Morgan fingerprint density at radius 3 is 0.926 bits per heavy atom. The van der Waals surface area contributed by atoms with Crippen LogP contribution in [0.4, 0.5) is 11.4 Å². The zero-order valence-corrected chi connectivity index (χ0v) is 48.4. The number of hydrogen-bond acceptors (Lipinski definition) is 0. The summed E-state index contributed by atoms with van der Waals surface area (Å²) in [5.41, 5.74) is 13.3. The molecule has 4 aliphatic rings. The van der Waals surface area contributed by atoms with Crippen LogP contribution in [0.15, 0.2) is 97.1 Å². The van der Waals surface area contributed by atoms with E-state index < -0.39 is 0 Å². The Morgan fingerprint density at radius 2 is 0.676 bits per heavy atom. The topological polar surface area (TPSA) is 56.4 Å². The van der Waals surface area contributed by atoms with E-state index in [4.69, 9.17) is 21.3 Å². The number of unbranched alkanes of at least 4 members (excludes halogenated alkanes) is 2. The summed E-state index contributed by atoms with van der Waals surface area (Å²) in [7, 11) is -0.516. The number of nitrogens with zero attached hydrogens (tertiary/aromatic N) is 4.